The molecule has 2 unspecified atom stereocenters. The first-order chi connectivity index (χ1) is 16.3. The van der Waals surface area contributed by atoms with Crippen molar-refractivity contribution in [2.75, 3.05) is 47.0 Å². The number of likely N-dealkylation sites (N-methyl/N-ethyl adjacent to an activating group) is 1. The normalized spacial score (nSPS) is 25.1. The second-order valence-electron chi connectivity index (χ2n) is 9.62. The topological polar surface area (TPSA) is 76.1 Å². The van der Waals surface area contributed by atoms with Crippen LogP contribution in [-0.4, -0.2) is 78.9 Å². The van der Waals surface area contributed by atoms with Crippen LogP contribution in [0, 0.1) is 5.21 Å². The number of likely N-dealkylation sites (tertiary alicyclic amines) is 1. The van der Waals surface area contributed by atoms with Crippen molar-refractivity contribution in [3.05, 3.63) is 81.1 Å². The predicted molar refractivity (Wildman–Crippen MR) is 132 cm³/mol. The van der Waals surface area contributed by atoms with Crippen LogP contribution in [0.3, 0.4) is 0 Å². The Morgan fingerprint density at radius 1 is 1.09 bits per heavy atom. The summed E-state index contributed by atoms with van der Waals surface area (Å²) < 4.78 is 4.73. The first-order valence-electron chi connectivity index (χ1n) is 11.8. The van der Waals surface area contributed by atoms with Gasteiger partial charge in [0.25, 0.3) is 6.35 Å². The van der Waals surface area contributed by atoms with Crippen molar-refractivity contribution in [1.29, 1.82) is 0 Å². The quantitative estimate of drug-likeness (QED) is 0.366. The molecule has 7 nitrogen and oxygen atoms in total. The third-order valence-corrected chi connectivity index (χ3v) is 7.18. The van der Waals surface area contributed by atoms with Gasteiger partial charge in [-0.2, -0.15) is 4.90 Å². The summed E-state index contributed by atoms with van der Waals surface area (Å²) in [6, 6.07) is 14.1. The second-order valence-corrected chi connectivity index (χ2v) is 9.62. The number of hydrogen-bond acceptors (Lipinski definition) is 6. The lowest BCUT2D eigenvalue weighted by Crippen LogP contribution is -2.48. The predicted octanol–water partition coefficient (Wildman–Crippen LogP) is 3.35. The summed E-state index contributed by atoms with van der Waals surface area (Å²) in [5, 5.41) is 22.3. The molecule has 2 aromatic rings. The molecule has 2 aromatic carbocycles. The fraction of sp³-hybridized carbons (Fsp3) is 0.370. The van der Waals surface area contributed by atoms with Gasteiger partial charge in [0.2, 0.25) is 0 Å². The van der Waals surface area contributed by atoms with Crippen LogP contribution in [0.2, 0.25) is 0 Å². The number of piperidine rings is 1. The van der Waals surface area contributed by atoms with Crippen molar-refractivity contribution in [2.24, 2.45) is 0 Å². The summed E-state index contributed by atoms with van der Waals surface area (Å²) in [5.41, 5.74) is 7.57. The van der Waals surface area contributed by atoms with Gasteiger partial charge >= 0.3 is 5.97 Å². The monoisotopic (exact) mass is 461 g/mol. The fourth-order valence-corrected chi connectivity index (χ4v) is 5.02. The van der Waals surface area contributed by atoms with Gasteiger partial charge in [-0.3, -0.25) is 0 Å². The van der Waals surface area contributed by atoms with Crippen LogP contribution in [0.4, 0.5) is 0 Å². The minimum Gasteiger partial charge on any atom is -0.630 e. The van der Waals surface area contributed by atoms with Crippen molar-refractivity contribution < 1.29 is 19.3 Å². The highest BCUT2D eigenvalue weighted by Gasteiger charge is 2.37. The molecule has 2 saturated heterocycles. The minimum atomic E-state index is -1.22. The maximum absolute atomic E-state index is 13.0. The van der Waals surface area contributed by atoms with Gasteiger partial charge in [-0.25, -0.2) is 4.79 Å². The summed E-state index contributed by atoms with van der Waals surface area (Å²) in [6.45, 7) is 2.55. The summed E-state index contributed by atoms with van der Waals surface area (Å²) >= 11 is 0. The van der Waals surface area contributed by atoms with Gasteiger partial charge in [0.05, 0.1) is 25.7 Å². The van der Waals surface area contributed by atoms with Gasteiger partial charge < -0.3 is 24.6 Å². The number of fused-ring (bicyclic) bond motifs is 2. The van der Waals surface area contributed by atoms with E-state index in [4.69, 9.17) is 4.74 Å². The fourth-order valence-electron chi connectivity index (χ4n) is 5.02. The largest absolute Gasteiger partial charge is 0.630 e. The zero-order valence-electron chi connectivity index (χ0n) is 19.7. The molecule has 34 heavy (non-hydrogen) atoms. The highest BCUT2D eigenvalue weighted by atomic mass is 16.6. The average molecular weight is 462 g/mol. The summed E-state index contributed by atoms with van der Waals surface area (Å²) in [5.74, 6) is -0.462. The molecule has 1 aliphatic carbocycles. The van der Waals surface area contributed by atoms with Crippen molar-refractivity contribution in [2.45, 2.75) is 19.2 Å². The van der Waals surface area contributed by atoms with E-state index in [1.54, 1.807) is 6.07 Å². The Morgan fingerprint density at radius 2 is 1.79 bits per heavy atom. The van der Waals surface area contributed by atoms with Gasteiger partial charge in [0, 0.05) is 13.1 Å². The van der Waals surface area contributed by atoms with Crippen LogP contribution in [0.1, 0.15) is 45.5 Å². The van der Waals surface area contributed by atoms with Crippen LogP contribution in [0.5, 0.6) is 0 Å². The lowest BCUT2D eigenvalue weighted by Gasteiger charge is -2.37. The molecule has 3 aliphatic rings. The Balaban J connectivity index is 1.47. The number of ether oxygens (including phenoxy) is 1. The van der Waals surface area contributed by atoms with E-state index >= 15 is 0 Å². The second kappa shape index (κ2) is 9.09. The molecule has 178 valence electrons. The molecule has 2 atom stereocenters. The van der Waals surface area contributed by atoms with E-state index in [1.807, 2.05) is 12.1 Å². The Bertz CT molecular complexity index is 1160. The van der Waals surface area contributed by atoms with Crippen molar-refractivity contribution in [3.63, 3.8) is 0 Å². The third-order valence-electron chi connectivity index (χ3n) is 7.18. The molecule has 0 aromatic heterocycles. The number of hydrogen-bond donors (Lipinski definition) is 1. The van der Waals surface area contributed by atoms with Gasteiger partial charge in [-0.05, 0) is 59.8 Å². The molecule has 7 heteroatoms. The molecule has 0 bridgehead atoms. The van der Waals surface area contributed by atoms with Crippen LogP contribution in [0.15, 0.2) is 48.0 Å². The highest BCUT2D eigenvalue weighted by molar-refractivity contribution is 5.98. The van der Waals surface area contributed by atoms with Gasteiger partial charge in [0.15, 0.2) is 6.73 Å². The van der Waals surface area contributed by atoms with E-state index in [0.717, 1.165) is 37.1 Å². The number of hydroxylamine groups is 3. The number of benzene rings is 2. The summed E-state index contributed by atoms with van der Waals surface area (Å²) in [6.07, 6.45) is 5.02. The lowest BCUT2D eigenvalue weighted by molar-refractivity contribution is -0.903. The van der Waals surface area contributed by atoms with E-state index in [0.29, 0.717) is 12.1 Å². The van der Waals surface area contributed by atoms with Crippen molar-refractivity contribution in [3.8, 4) is 0 Å². The summed E-state index contributed by atoms with van der Waals surface area (Å²) in [4.78, 5) is 16.8. The SMILES string of the molecule is CN1CCC(=C2c3ccccc3C=Cc3ccc(C(=O)OCN4CC[N+](C)([O-])C4O)cc32)CC1. The number of aliphatic hydroxyl groups excluding tert-OH is 1. The number of esters is 1. The van der Waals surface area contributed by atoms with E-state index < -0.39 is 17.0 Å². The molecule has 0 saturated carbocycles. The van der Waals surface area contributed by atoms with Crippen LogP contribution >= 0.6 is 0 Å². The van der Waals surface area contributed by atoms with Gasteiger partial charge in [-0.15, -0.1) is 0 Å². The molecule has 0 amide bonds. The Labute approximate surface area is 200 Å². The first kappa shape index (κ1) is 23.0. The molecular formula is C27H31N3O4. The number of carbonyl (C=O) groups is 1. The smallest absolute Gasteiger partial charge is 0.339 e. The lowest BCUT2D eigenvalue weighted by atomic mass is 9.85. The molecule has 2 heterocycles. The van der Waals surface area contributed by atoms with E-state index in [1.165, 1.54) is 34.2 Å². The van der Waals surface area contributed by atoms with E-state index in [2.05, 4.69) is 48.4 Å². The molecule has 2 fully saturated rings. The zero-order chi connectivity index (χ0) is 23.9. The number of nitrogens with zero attached hydrogens (tertiary/aromatic N) is 3. The number of rotatable bonds is 3. The standard InChI is InChI=1S/C27H31N3O4/c1-28-13-11-21(12-14-28)25-23-6-4-3-5-19(23)7-8-20-9-10-22(17-24(20)25)26(31)34-18-29-15-16-30(2,33)27(29)32/h3-10,17,27,32H,11-16,18H2,1-2H3. The van der Waals surface area contributed by atoms with Crippen molar-refractivity contribution in [1.82, 2.24) is 9.80 Å². The van der Waals surface area contributed by atoms with Crippen molar-refractivity contribution >= 4 is 23.7 Å². The molecule has 2 aliphatic heterocycles. The molecule has 5 rings (SSSR count). The zero-order valence-corrected chi connectivity index (χ0v) is 19.7. The Kier molecular flexibility index (Phi) is 6.14. The summed E-state index contributed by atoms with van der Waals surface area (Å²) in [7, 11) is 3.57. The first-order valence-corrected chi connectivity index (χ1v) is 11.8. The maximum Gasteiger partial charge on any atom is 0.339 e. The molecule has 1 N–H and O–H groups in total. The number of quaternary nitrogens is 1. The average Bonchev–Trinajstić information content (AvgIpc) is 3.00. The van der Waals surface area contributed by atoms with Gasteiger partial charge in [-0.1, -0.05) is 48.1 Å². The number of aliphatic hydroxyl groups is 1. The maximum atomic E-state index is 13.0. The molecule has 0 spiro atoms. The minimum absolute atomic E-state index is 0.115. The van der Waals surface area contributed by atoms with Gasteiger partial charge in [0.1, 0.15) is 0 Å². The molecule has 0 radical (unpaired) electrons. The van der Waals surface area contributed by atoms with Crippen LogP contribution < -0.4 is 0 Å². The Morgan fingerprint density at radius 3 is 2.50 bits per heavy atom. The highest BCUT2D eigenvalue weighted by Crippen LogP contribution is 2.39. The van der Waals surface area contributed by atoms with Crippen LogP contribution in [-0.2, 0) is 4.74 Å². The van der Waals surface area contributed by atoms with Crippen LogP contribution in [0.25, 0.3) is 17.7 Å². The van der Waals surface area contributed by atoms with E-state index in [-0.39, 0.29) is 13.3 Å². The molecular weight excluding hydrogens is 430 g/mol. The van der Waals surface area contributed by atoms with E-state index in [9.17, 15) is 15.1 Å². The Hall–Kier alpha value is -2.81. The number of carbonyl (C=O) groups excluding carboxylic acids is 1. The third kappa shape index (κ3) is 4.33.